The molecule has 0 radical (unpaired) electrons. The fourth-order valence-electron chi connectivity index (χ4n) is 2.50. The summed E-state index contributed by atoms with van der Waals surface area (Å²) in [6.07, 6.45) is 6.47. The molecule has 2 aliphatic heterocycles. The summed E-state index contributed by atoms with van der Waals surface area (Å²) < 4.78 is 5.24. The van der Waals surface area contributed by atoms with E-state index < -0.39 is 0 Å². The highest BCUT2D eigenvalue weighted by Gasteiger charge is 2.40. The van der Waals surface area contributed by atoms with Gasteiger partial charge in [-0.25, -0.2) is 0 Å². The molecule has 1 N–H and O–H groups in total. The molecule has 0 bridgehead atoms. The highest BCUT2D eigenvalue weighted by atomic mass is 16.5. The molecule has 2 heterocycles. The Morgan fingerprint density at radius 3 is 3.00 bits per heavy atom. The lowest BCUT2D eigenvalue weighted by atomic mass is 9.84. The monoisotopic (exact) mass is 209 g/mol. The molecule has 84 valence electrons. The van der Waals surface area contributed by atoms with Gasteiger partial charge in [-0.15, -0.1) is 0 Å². The molecule has 0 spiro atoms. The van der Waals surface area contributed by atoms with E-state index in [2.05, 4.69) is 12.2 Å². The Morgan fingerprint density at radius 2 is 2.47 bits per heavy atom. The number of hydrogen-bond donors (Lipinski definition) is 1. The molecule has 0 saturated carbocycles. The summed E-state index contributed by atoms with van der Waals surface area (Å²) in [5.41, 5.74) is 0.588. The van der Waals surface area contributed by atoms with E-state index in [1.165, 1.54) is 0 Å². The van der Waals surface area contributed by atoms with Crippen molar-refractivity contribution in [2.24, 2.45) is 0 Å². The summed E-state index contributed by atoms with van der Waals surface area (Å²) in [6.45, 7) is 3.80. The van der Waals surface area contributed by atoms with Crippen LogP contribution in [0.4, 0.5) is 0 Å². The van der Waals surface area contributed by atoms with Crippen LogP contribution in [-0.4, -0.2) is 24.5 Å². The first-order valence-electron chi connectivity index (χ1n) is 5.89. The van der Waals surface area contributed by atoms with Crippen LogP contribution in [0.3, 0.4) is 0 Å². The summed E-state index contributed by atoms with van der Waals surface area (Å²) in [7, 11) is 0. The molecule has 1 unspecified atom stereocenters. The average molecular weight is 209 g/mol. The highest BCUT2D eigenvalue weighted by Crippen LogP contribution is 2.29. The topological polar surface area (TPSA) is 38.3 Å². The van der Waals surface area contributed by atoms with Crippen LogP contribution in [0.1, 0.15) is 39.0 Å². The van der Waals surface area contributed by atoms with Crippen LogP contribution in [0.2, 0.25) is 0 Å². The van der Waals surface area contributed by atoms with E-state index in [9.17, 15) is 4.79 Å². The number of carbonyl (C=O) groups is 1. The van der Waals surface area contributed by atoms with E-state index in [1.807, 2.05) is 0 Å². The van der Waals surface area contributed by atoms with Gasteiger partial charge < -0.3 is 10.1 Å². The van der Waals surface area contributed by atoms with Crippen molar-refractivity contribution in [3.8, 4) is 0 Å². The standard InChI is InChI=1S/C12H19NO2/c1-2-12(6-4-7-13-12)11(14)10-5-3-8-15-9-10/h9,13H,2-8H2,1H3. The SMILES string of the molecule is CCC1(C(=O)C2=COCCC2)CCCN1. The molecule has 15 heavy (non-hydrogen) atoms. The Morgan fingerprint density at radius 1 is 1.60 bits per heavy atom. The van der Waals surface area contributed by atoms with Crippen LogP contribution in [0.15, 0.2) is 11.8 Å². The summed E-state index contributed by atoms with van der Waals surface area (Å²) in [5, 5.41) is 3.37. The van der Waals surface area contributed by atoms with E-state index in [0.717, 1.165) is 50.8 Å². The summed E-state index contributed by atoms with van der Waals surface area (Å²) in [4.78, 5) is 12.3. The molecule has 2 rings (SSSR count). The number of nitrogens with one attached hydrogen (secondary N) is 1. The second-order valence-electron chi connectivity index (χ2n) is 4.41. The van der Waals surface area contributed by atoms with Gasteiger partial charge in [-0.3, -0.25) is 4.79 Å². The van der Waals surface area contributed by atoms with Crippen molar-refractivity contribution in [2.45, 2.75) is 44.6 Å². The fourth-order valence-corrected chi connectivity index (χ4v) is 2.50. The van der Waals surface area contributed by atoms with Gasteiger partial charge in [0.2, 0.25) is 0 Å². The number of ether oxygens (including phenoxy) is 1. The molecular weight excluding hydrogens is 190 g/mol. The Bertz CT molecular complexity index is 277. The summed E-state index contributed by atoms with van der Waals surface area (Å²) in [5.74, 6) is 0.266. The molecule has 3 nitrogen and oxygen atoms in total. The van der Waals surface area contributed by atoms with Crippen LogP contribution in [0.5, 0.6) is 0 Å². The molecule has 3 heteroatoms. The van der Waals surface area contributed by atoms with Crippen LogP contribution in [0, 0.1) is 0 Å². The van der Waals surface area contributed by atoms with Gasteiger partial charge in [-0.1, -0.05) is 6.92 Å². The van der Waals surface area contributed by atoms with E-state index in [-0.39, 0.29) is 11.3 Å². The zero-order valence-electron chi connectivity index (χ0n) is 9.34. The number of rotatable bonds is 3. The molecule has 1 fully saturated rings. The third-order valence-electron chi connectivity index (χ3n) is 3.51. The minimum absolute atomic E-state index is 0.266. The Labute approximate surface area is 90.9 Å². The lowest BCUT2D eigenvalue weighted by molar-refractivity contribution is -0.121. The van der Waals surface area contributed by atoms with Gasteiger partial charge in [0.15, 0.2) is 5.78 Å². The summed E-state index contributed by atoms with van der Waals surface area (Å²) in [6, 6.07) is 0. The molecule has 0 aliphatic carbocycles. The minimum Gasteiger partial charge on any atom is -0.501 e. The quantitative estimate of drug-likeness (QED) is 0.770. The molecule has 1 saturated heterocycles. The normalized spacial score (nSPS) is 30.9. The maximum absolute atomic E-state index is 12.3. The number of carbonyl (C=O) groups excluding carboxylic acids is 1. The van der Waals surface area contributed by atoms with Crippen molar-refractivity contribution < 1.29 is 9.53 Å². The first-order valence-corrected chi connectivity index (χ1v) is 5.89. The largest absolute Gasteiger partial charge is 0.501 e. The van der Waals surface area contributed by atoms with Crippen molar-refractivity contribution in [2.75, 3.05) is 13.2 Å². The van der Waals surface area contributed by atoms with Gasteiger partial charge in [-0.05, 0) is 38.6 Å². The fraction of sp³-hybridized carbons (Fsp3) is 0.750. The predicted octanol–water partition coefficient (Wildman–Crippen LogP) is 1.78. The van der Waals surface area contributed by atoms with Gasteiger partial charge in [0.1, 0.15) is 0 Å². The van der Waals surface area contributed by atoms with Crippen LogP contribution >= 0.6 is 0 Å². The van der Waals surface area contributed by atoms with Gasteiger partial charge in [0.05, 0.1) is 18.4 Å². The molecule has 1 atom stereocenters. The maximum Gasteiger partial charge on any atom is 0.181 e. The van der Waals surface area contributed by atoms with Crippen molar-refractivity contribution in [3.05, 3.63) is 11.8 Å². The van der Waals surface area contributed by atoms with E-state index in [0.29, 0.717) is 0 Å². The molecule has 2 aliphatic rings. The Kier molecular flexibility index (Phi) is 3.10. The lowest BCUT2D eigenvalue weighted by Gasteiger charge is -2.28. The molecular formula is C12H19NO2. The van der Waals surface area contributed by atoms with Gasteiger partial charge in [-0.2, -0.15) is 0 Å². The van der Waals surface area contributed by atoms with Crippen molar-refractivity contribution in [3.63, 3.8) is 0 Å². The minimum atomic E-state index is -0.285. The van der Waals surface area contributed by atoms with Crippen LogP contribution < -0.4 is 5.32 Å². The molecule has 0 aromatic heterocycles. The van der Waals surface area contributed by atoms with Gasteiger partial charge >= 0.3 is 0 Å². The van der Waals surface area contributed by atoms with Gasteiger partial charge in [0.25, 0.3) is 0 Å². The van der Waals surface area contributed by atoms with Crippen molar-refractivity contribution in [1.82, 2.24) is 5.32 Å². The van der Waals surface area contributed by atoms with Crippen LogP contribution in [0.25, 0.3) is 0 Å². The Balaban J connectivity index is 2.14. The first kappa shape index (κ1) is 10.7. The van der Waals surface area contributed by atoms with E-state index in [1.54, 1.807) is 6.26 Å². The Hall–Kier alpha value is -0.830. The summed E-state index contributed by atoms with van der Waals surface area (Å²) >= 11 is 0. The van der Waals surface area contributed by atoms with Crippen LogP contribution in [-0.2, 0) is 9.53 Å². The second kappa shape index (κ2) is 4.35. The smallest absolute Gasteiger partial charge is 0.181 e. The zero-order chi connectivity index (χ0) is 10.7. The third-order valence-corrected chi connectivity index (χ3v) is 3.51. The van der Waals surface area contributed by atoms with Crippen molar-refractivity contribution in [1.29, 1.82) is 0 Å². The lowest BCUT2D eigenvalue weighted by Crippen LogP contribution is -2.48. The molecule has 0 aromatic rings. The number of hydrogen-bond acceptors (Lipinski definition) is 3. The number of Topliss-reactive ketones (excluding diaryl/α,β-unsaturated/α-hetero) is 1. The molecule has 0 aromatic carbocycles. The van der Waals surface area contributed by atoms with Crippen molar-refractivity contribution >= 4 is 5.78 Å². The van der Waals surface area contributed by atoms with Gasteiger partial charge in [0, 0.05) is 5.57 Å². The van der Waals surface area contributed by atoms with E-state index in [4.69, 9.17) is 4.74 Å². The number of ketones is 1. The second-order valence-corrected chi connectivity index (χ2v) is 4.41. The third kappa shape index (κ3) is 1.93. The first-order chi connectivity index (χ1) is 7.28. The highest BCUT2D eigenvalue weighted by molar-refractivity contribution is 6.02. The predicted molar refractivity (Wildman–Crippen MR) is 58.5 cm³/mol. The maximum atomic E-state index is 12.3. The average Bonchev–Trinajstić information content (AvgIpc) is 2.79. The zero-order valence-corrected chi connectivity index (χ0v) is 9.34. The molecule has 0 amide bonds. The van der Waals surface area contributed by atoms with E-state index >= 15 is 0 Å².